The fourth-order valence-corrected chi connectivity index (χ4v) is 3.80. The lowest BCUT2D eigenvalue weighted by Crippen LogP contribution is -2.26. The lowest BCUT2D eigenvalue weighted by atomic mass is 10.0. The maximum Gasteiger partial charge on any atom is 0.241 e. The Morgan fingerprint density at radius 2 is 1.52 bits per heavy atom. The second-order valence-electron chi connectivity index (χ2n) is 5.76. The number of hydrogen-bond acceptors (Lipinski definition) is 2. The van der Waals surface area contributed by atoms with E-state index < -0.39 is 10.0 Å². The van der Waals surface area contributed by atoms with Crippen LogP contribution in [0.1, 0.15) is 24.1 Å². The van der Waals surface area contributed by atoms with Gasteiger partial charge in [0.25, 0.3) is 0 Å². The first-order valence-corrected chi connectivity index (χ1v) is 9.02. The van der Waals surface area contributed by atoms with Gasteiger partial charge in [0.1, 0.15) is 0 Å². The Balaban J connectivity index is 1.87. The molecule has 0 amide bonds. The lowest BCUT2D eigenvalue weighted by Gasteiger charge is -2.15. The first-order chi connectivity index (χ1) is 11.0. The van der Waals surface area contributed by atoms with Crippen LogP contribution in [0.2, 0.25) is 0 Å². The maximum absolute atomic E-state index is 12.5. The normalized spacial score (nSPS) is 13.1. The van der Waals surface area contributed by atoms with Gasteiger partial charge in [0.15, 0.2) is 0 Å². The van der Waals surface area contributed by atoms with Gasteiger partial charge >= 0.3 is 0 Å². The zero-order chi connectivity index (χ0) is 16.4. The van der Waals surface area contributed by atoms with Crippen molar-refractivity contribution in [3.05, 3.63) is 77.9 Å². The van der Waals surface area contributed by atoms with Crippen LogP contribution in [0, 0.1) is 6.92 Å². The van der Waals surface area contributed by atoms with E-state index in [1.807, 2.05) is 56.3 Å². The first-order valence-electron chi connectivity index (χ1n) is 7.53. The summed E-state index contributed by atoms with van der Waals surface area (Å²) in [5.41, 5.74) is 1.98. The summed E-state index contributed by atoms with van der Waals surface area (Å²) in [4.78, 5) is 0.288. The summed E-state index contributed by atoms with van der Waals surface area (Å²) in [5.74, 6) is 0. The monoisotopic (exact) mass is 325 g/mol. The second kappa shape index (κ2) is 6.14. The minimum atomic E-state index is -3.53. The molecule has 3 nitrogen and oxygen atoms in total. The number of nitrogens with one attached hydrogen (secondary N) is 1. The number of benzene rings is 3. The average molecular weight is 325 g/mol. The van der Waals surface area contributed by atoms with E-state index in [0.717, 1.165) is 21.9 Å². The van der Waals surface area contributed by atoms with E-state index >= 15 is 0 Å². The number of sulfonamides is 1. The van der Waals surface area contributed by atoms with Crippen LogP contribution in [-0.4, -0.2) is 8.42 Å². The molecule has 0 heterocycles. The third kappa shape index (κ3) is 3.44. The predicted molar refractivity (Wildman–Crippen MR) is 93.9 cm³/mol. The molecule has 3 aromatic rings. The Morgan fingerprint density at radius 1 is 0.870 bits per heavy atom. The number of aryl methyl sites for hydroxylation is 1. The van der Waals surface area contributed by atoms with E-state index in [1.165, 1.54) is 0 Å². The molecule has 4 heteroatoms. The molecule has 0 unspecified atom stereocenters. The Labute approximate surface area is 137 Å². The molecule has 118 valence electrons. The van der Waals surface area contributed by atoms with Gasteiger partial charge in [-0.1, -0.05) is 54.1 Å². The molecule has 0 fully saturated rings. The van der Waals surface area contributed by atoms with Crippen molar-refractivity contribution in [2.24, 2.45) is 0 Å². The van der Waals surface area contributed by atoms with E-state index in [9.17, 15) is 8.42 Å². The molecule has 1 N–H and O–H groups in total. The summed E-state index contributed by atoms with van der Waals surface area (Å²) < 4.78 is 27.7. The molecule has 0 saturated carbocycles. The summed E-state index contributed by atoms with van der Waals surface area (Å²) in [6.07, 6.45) is 0. The van der Waals surface area contributed by atoms with Gasteiger partial charge in [-0.3, -0.25) is 0 Å². The van der Waals surface area contributed by atoms with Crippen LogP contribution in [0.3, 0.4) is 0 Å². The summed E-state index contributed by atoms with van der Waals surface area (Å²) in [5, 5.41) is 2.25. The summed E-state index contributed by atoms with van der Waals surface area (Å²) in [6.45, 7) is 3.79. The zero-order valence-electron chi connectivity index (χ0n) is 13.2. The van der Waals surface area contributed by atoms with Crippen molar-refractivity contribution in [2.45, 2.75) is 24.8 Å². The molecule has 0 radical (unpaired) electrons. The fraction of sp³-hybridized carbons (Fsp3) is 0.158. The molecule has 0 aliphatic carbocycles. The Bertz CT molecular complexity index is 931. The van der Waals surface area contributed by atoms with E-state index in [-0.39, 0.29) is 10.9 Å². The fourth-order valence-electron chi connectivity index (χ4n) is 2.56. The molecule has 3 aromatic carbocycles. The molecular formula is C19H19NO2S. The summed E-state index contributed by atoms with van der Waals surface area (Å²) >= 11 is 0. The summed E-state index contributed by atoms with van der Waals surface area (Å²) in [7, 11) is -3.53. The van der Waals surface area contributed by atoms with Crippen LogP contribution in [0.4, 0.5) is 0 Å². The molecular weight excluding hydrogens is 306 g/mol. The number of fused-ring (bicyclic) bond motifs is 1. The van der Waals surface area contributed by atoms with Crippen LogP contribution in [0.25, 0.3) is 10.8 Å². The molecule has 23 heavy (non-hydrogen) atoms. The quantitative estimate of drug-likeness (QED) is 0.782. The first kappa shape index (κ1) is 15.7. The highest BCUT2D eigenvalue weighted by molar-refractivity contribution is 7.89. The standard InChI is InChI=1S/C19H19NO2S/c1-14-7-11-19(12-8-14)23(21,22)20-15(2)17-10-9-16-5-3-4-6-18(16)13-17/h3-13,15,20H,1-2H3/t15-/m0/s1. The van der Waals surface area contributed by atoms with Gasteiger partial charge in [-0.25, -0.2) is 13.1 Å². The summed E-state index contributed by atoms with van der Waals surface area (Å²) in [6, 6.07) is 20.6. The van der Waals surface area contributed by atoms with Gasteiger partial charge in [0.05, 0.1) is 4.90 Å². The highest BCUT2D eigenvalue weighted by Gasteiger charge is 2.18. The highest BCUT2D eigenvalue weighted by atomic mass is 32.2. The van der Waals surface area contributed by atoms with E-state index in [2.05, 4.69) is 4.72 Å². The van der Waals surface area contributed by atoms with Gasteiger partial charge in [-0.2, -0.15) is 0 Å². The minimum absolute atomic E-state index is 0.288. The third-order valence-corrected chi connectivity index (χ3v) is 5.49. The van der Waals surface area contributed by atoms with Gasteiger partial charge in [-0.15, -0.1) is 0 Å². The Kier molecular flexibility index (Phi) is 4.20. The van der Waals surface area contributed by atoms with E-state index in [0.29, 0.717) is 0 Å². The third-order valence-electron chi connectivity index (χ3n) is 3.94. The Hall–Kier alpha value is -2.17. The molecule has 0 aromatic heterocycles. The number of rotatable bonds is 4. The highest BCUT2D eigenvalue weighted by Crippen LogP contribution is 2.22. The largest absolute Gasteiger partial charge is 0.241 e. The Morgan fingerprint density at radius 3 is 2.22 bits per heavy atom. The maximum atomic E-state index is 12.5. The SMILES string of the molecule is Cc1ccc(S(=O)(=O)N[C@@H](C)c2ccc3ccccc3c2)cc1. The van der Waals surface area contributed by atoms with Crippen molar-refractivity contribution in [1.82, 2.24) is 4.72 Å². The van der Waals surface area contributed by atoms with Gasteiger partial charge in [0, 0.05) is 6.04 Å². The van der Waals surface area contributed by atoms with Crippen LogP contribution in [-0.2, 0) is 10.0 Å². The molecule has 1 atom stereocenters. The van der Waals surface area contributed by atoms with Gasteiger partial charge in [0.2, 0.25) is 10.0 Å². The second-order valence-corrected chi connectivity index (χ2v) is 7.48. The number of hydrogen-bond donors (Lipinski definition) is 1. The predicted octanol–water partition coefficient (Wildman–Crippen LogP) is 4.19. The van der Waals surface area contributed by atoms with Crippen molar-refractivity contribution < 1.29 is 8.42 Å². The van der Waals surface area contributed by atoms with E-state index in [4.69, 9.17) is 0 Å². The zero-order valence-corrected chi connectivity index (χ0v) is 14.0. The average Bonchev–Trinajstić information content (AvgIpc) is 2.54. The van der Waals surface area contributed by atoms with Crippen molar-refractivity contribution in [3.63, 3.8) is 0 Å². The smallest absolute Gasteiger partial charge is 0.207 e. The minimum Gasteiger partial charge on any atom is -0.207 e. The molecule has 0 spiro atoms. The van der Waals surface area contributed by atoms with Crippen molar-refractivity contribution in [2.75, 3.05) is 0 Å². The van der Waals surface area contributed by atoms with Crippen molar-refractivity contribution in [1.29, 1.82) is 0 Å². The lowest BCUT2D eigenvalue weighted by molar-refractivity contribution is 0.567. The molecule has 0 aliphatic heterocycles. The van der Waals surface area contributed by atoms with Crippen LogP contribution < -0.4 is 4.72 Å². The van der Waals surface area contributed by atoms with Crippen molar-refractivity contribution in [3.8, 4) is 0 Å². The van der Waals surface area contributed by atoms with Crippen LogP contribution in [0.5, 0.6) is 0 Å². The van der Waals surface area contributed by atoms with Crippen LogP contribution in [0.15, 0.2) is 71.6 Å². The van der Waals surface area contributed by atoms with E-state index in [1.54, 1.807) is 24.3 Å². The molecule has 0 aliphatic rings. The van der Waals surface area contributed by atoms with Gasteiger partial charge < -0.3 is 0 Å². The molecule has 3 rings (SSSR count). The van der Waals surface area contributed by atoms with Crippen molar-refractivity contribution >= 4 is 20.8 Å². The molecule has 0 bridgehead atoms. The topological polar surface area (TPSA) is 46.2 Å². The van der Waals surface area contributed by atoms with Crippen LogP contribution >= 0.6 is 0 Å². The molecule has 0 saturated heterocycles. The van der Waals surface area contributed by atoms with Gasteiger partial charge in [-0.05, 0) is 48.4 Å².